The van der Waals surface area contributed by atoms with Crippen molar-refractivity contribution in [2.45, 2.75) is 38.6 Å². The van der Waals surface area contributed by atoms with Crippen molar-refractivity contribution < 1.29 is 14.2 Å². The number of piperidine rings is 1. The maximum Gasteiger partial charge on any atom is 0.332 e. The second-order valence-corrected chi connectivity index (χ2v) is 6.07. The van der Waals surface area contributed by atoms with Gasteiger partial charge in [0.25, 0.3) is 0 Å². The topological polar surface area (TPSA) is 119 Å². The fourth-order valence-corrected chi connectivity index (χ4v) is 3.17. The van der Waals surface area contributed by atoms with Crippen molar-refractivity contribution in [3.8, 4) is 0 Å². The summed E-state index contributed by atoms with van der Waals surface area (Å²) in [4.78, 5) is 23.1. The first-order valence-corrected chi connectivity index (χ1v) is 7.38. The molecule has 0 spiro atoms. The third-order valence-electron chi connectivity index (χ3n) is 2.58. The van der Waals surface area contributed by atoms with Gasteiger partial charge in [-0.05, 0) is 19.3 Å². The Bertz CT molecular complexity index is 360. The van der Waals surface area contributed by atoms with Gasteiger partial charge >= 0.3 is 7.59 Å². The summed E-state index contributed by atoms with van der Waals surface area (Å²) in [5, 5.41) is 2.22. The molecule has 7 nitrogen and oxygen atoms in total. The number of nitrogens with zero attached hydrogens (tertiary/aromatic N) is 1. The Morgan fingerprint density at radius 3 is 2.88 bits per heavy atom. The fourth-order valence-electron chi connectivity index (χ4n) is 1.70. The maximum absolute atomic E-state index is 12.1. The summed E-state index contributed by atoms with van der Waals surface area (Å²) in [6, 6.07) is -0.677. The van der Waals surface area contributed by atoms with Gasteiger partial charge in [-0.1, -0.05) is 6.92 Å². The van der Waals surface area contributed by atoms with E-state index in [0.717, 1.165) is 4.67 Å². The molecule has 2 atom stereocenters. The third-order valence-corrected chi connectivity index (χ3v) is 4.26. The molecule has 1 heterocycles. The van der Waals surface area contributed by atoms with Crippen molar-refractivity contribution in [2.24, 2.45) is 11.2 Å². The number of amides is 2. The lowest BCUT2D eigenvalue weighted by Crippen LogP contribution is -2.50. The molecule has 1 rings (SSSR count). The smallest absolute Gasteiger partial charge is 0.320 e. The molecule has 0 aromatic heterocycles. The van der Waals surface area contributed by atoms with Crippen LogP contribution in [0.3, 0.4) is 0 Å². The minimum Gasteiger partial charge on any atom is -0.320 e. The zero-order valence-corrected chi connectivity index (χ0v) is 10.8. The van der Waals surface area contributed by atoms with Crippen molar-refractivity contribution >= 4 is 19.4 Å². The van der Waals surface area contributed by atoms with Gasteiger partial charge in [-0.2, -0.15) is 0 Å². The van der Waals surface area contributed by atoms with E-state index in [1.807, 2.05) is 6.92 Å². The van der Waals surface area contributed by atoms with E-state index in [2.05, 4.69) is 5.09 Å². The van der Waals surface area contributed by atoms with Crippen LogP contribution in [0.2, 0.25) is 0 Å². The predicted octanol–water partition coefficient (Wildman–Crippen LogP) is -0.0808. The highest BCUT2D eigenvalue weighted by Crippen LogP contribution is 2.39. The molecule has 1 fully saturated rings. The van der Waals surface area contributed by atoms with Crippen molar-refractivity contribution in [3.63, 3.8) is 0 Å². The van der Waals surface area contributed by atoms with E-state index < -0.39 is 25.5 Å². The Hall–Kier alpha value is -0.910. The molecule has 1 aliphatic rings. The summed E-state index contributed by atoms with van der Waals surface area (Å²) in [7, 11) is -3.64. The molecule has 0 saturated carbocycles. The fraction of sp³-hybridized carbons (Fsp3) is 0.778. The molecular weight excluding hydrogens is 243 g/mol. The zero-order chi connectivity index (χ0) is 13.1. The minimum atomic E-state index is -3.64. The van der Waals surface area contributed by atoms with Gasteiger partial charge in [-0.25, -0.2) is 5.50 Å². The normalized spacial score (nSPS) is 24.3. The third kappa shape index (κ3) is 3.52. The van der Waals surface area contributed by atoms with Gasteiger partial charge in [0.05, 0.1) is 6.04 Å². The quantitative estimate of drug-likeness (QED) is 0.612. The highest BCUT2D eigenvalue weighted by Gasteiger charge is 2.37. The number of nitrogens with two attached hydrogens (primary N) is 2. The van der Waals surface area contributed by atoms with Gasteiger partial charge in [0.1, 0.15) is 0 Å². The lowest BCUT2D eigenvalue weighted by molar-refractivity contribution is -0.129. The van der Waals surface area contributed by atoms with Gasteiger partial charge in [0, 0.05) is 13.0 Å². The Morgan fingerprint density at radius 2 is 2.29 bits per heavy atom. The van der Waals surface area contributed by atoms with Gasteiger partial charge in [-0.15, -0.1) is 0 Å². The second kappa shape index (κ2) is 5.62. The van der Waals surface area contributed by atoms with Crippen LogP contribution in [0.15, 0.2) is 0 Å². The molecule has 1 aliphatic heterocycles. The minimum absolute atomic E-state index is 0.231. The van der Waals surface area contributed by atoms with Crippen LogP contribution in [-0.2, 0) is 14.2 Å². The zero-order valence-electron chi connectivity index (χ0n) is 9.89. The molecule has 0 aliphatic carbocycles. The first-order chi connectivity index (χ1) is 7.88. The van der Waals surface area contributed by atoms with E-state index in [9.17, 15) is 14.2 Å². The van der Waals surface area contributed by atoms with E-state index >= 15 is 0 Å². The summed E-state index contributed by atoms with van der Waals surface area (Å²) >= 11 is 0. The van der Waals surface area contributed by atoms with Crippen LogP contribution in [0.1, 0.15) is 32.6 Å². The van der Waals surface area contributed by atoms with E-state index in [-0.39, 0.29) is 13.0 Å². The lowest BCUT2D eigenvalue weighted by atomic mass is 10.1. The molecule has 0 aromatic rings. The highest BCUT2D eigenvalue weighted by atomic mass is 31.2. The van der Waals surface area contributed by atoms with Crippen LogP contribution in [0.4, 0.5) is 0 Å². The first-order valence-electron chi connectivity index (χ1n) is 5.65. The molecule has 5 N–H and O–H groups in total. The average Bonchev–Trinajstić information content (AvgIpc) is 2.21. The molecule has 1 unspecified atom stereocenters. The summed E-state index contributed by atoms with van der Waals surface area (Å²) in [6.45, 7) is 2.09. The predicted molar refractivity (Wildman–Crippen MR) is 63.8 cm³/mol. The van der Waals surface area contributed by atoms with Crippen LogP contribution in [0.5, 0.6) is 0 Å². The van der Waals surface area contributed by atoms with Gasteiger partial charge in [-0.3, -0.25) is 23.9 Å². The highest BCUT2D eigenvalue weighted by molar-refractivity contribution is 7.58. The molecule has 0 bridgehead atoms. The molecule has 98 valence electrons. The van der Waals surface area contributed by atoms with Crippen molar-refractivity contribution in [2.75, 3.05) is 6.54 Å². The molecular formula is C9H19N4O3P. The van der Waals surface area contributed by atoms with Crippen LogP contribution < -0.4 is 16.3 Å². The molecule has 2 amide bonds. The first kappa shape index (κ1) is 14.2. The largest absolute Gasteiger partial charge is 0.332 e. The summed E-state index contributed by atoms with van der Waals surface area (Å²) < 4.78 is 13.1. The summed E-state index contributed by atoms with van der Waals surface area (Å²) in [6.07, 6.45) is 2.05. The number of hydrogen-bond donors (Lipinski definition) is 3. The van der Waals surface area contributed by atoms with Crippen molar-refractivity contribution in [3.05, 3.63) is 0 Å². The Labute approximate surface area is 100 Å². The van der Waals surface area contributed by atoms with Crippen LogP contribution >= 0.6 is 7.59 Å². The average molecular weight is 262 g/mol. The maximum atomic E-state index is 12.1. The van der Waals surface area contributed by atoms with Gasteiger partial charge in [0.15, 0.2) is 0 Å². The Kier molecular flexibility index (Phi) is 4.68. The molecule has 0 aromatic carbocycles. The molecule has 0 radical (unpaired) electrons. The van der Waals surface area contributed by atoms with Crippen LogP contribution in [0, 0.1) is 0 Å². The monoisotopic (exact) mass is 262 g/mol. The van der Waals surface area contributed by atoms with Gasteiger partial charge < -0.3 is 5.73 Å². The number of nitrogens with one attached hydrogen (secondary N) is 1. The molecule has 8 heteroatoms. The van der Waals surface area contributed by atoms with E-state index in [1.165, 1.54) is 0 Å². The second-order valence-electron chi connectivity index (χ2n) is 4.12. The SMILES string of the molecule is CCCC(=O)NP(N)(=O)N1CCC[C@H](N)C1=O. The summed E-state index contributed by atoms with van der Waals surface area (Å²) in [5.41, 5.74) is 11.1. The number of rotatable bonds is 4. The van der Waals surface area contributed by atoms with Crippen molar-refractivity contribution in [1.82, 2.24) is 9.76 Å². The number of carbonyl (C=O) groups excluding carboxylic acids is 2. The molecule has 17 heavy (non-hydrogen) atoms. The van der Waals surface area contributed by atoms with E-state index in [0.29, 0.717) is 19.3 Å². The standard InChI is InChI=1S/C9H19N4O3P/c1-2-4-8(14)12-17(11,16)13-6-3-5-7(10)9(13)15/h7H,2-6,10H2,1H3,(H3,11,12,14,16)/t7-,17?/m0/s1. The van der Waals surface area contributed by atoms with Crippen LogP contribution in [0.25, 0.3) is 0 Å². The summed E-state index contributed by atoms with van der Waals surface area (Å²) in [5.74, 6) is -0.871. The Balaban J connectivity index is 2.72. The van der Waals surface area contributed by atoms with Crippen molar-refractivity contribution in [1.29, 1.82) is 0 Å². The van der Waals surface area contributed by atoms with Crippen LogP contribution in [-0.4, -0.2) is 29.1 Å². The lowest BCUT2D eigenvalue weighted by Gasteiger charge is -2.34. The Morgan fingerprint density at radius 1 is 1.65 bits per heavy atom. The van der Waals surface area contributed by atoms with E-state index in [1.54, 1.807) is 0 Å². The number of carbonyl (C=O) groups is 2. The molecule has 1 saturated heterocycles. The van der Waals surface area contributed by atoms with Gasteiger partial charge in [0.2, 0.25) is 11.8 Å². The number of hydrogen-bond acceptors (Lipinski definition) is 4. The van der Waals surface area contributed by atoms with E-state index in [4.69, 9.17) is 11.2 Å².